The molecule has 3 rings (SSSR count). The molecule has 5 nitrogen and oxygen atoms in total. The molecule has 1 aliphatic heterocycles. The summed E-state index contributed by atoms with van der Waals surface area (Å²) in [4.78, 5) is 8.86. The van der Waals surface area contributed by atoms with Crippen molar-refractivity contribution in [2.45, 2.75) is 13.1 Å². The van der Waals surface area contributed by atoms with Crippen LogP contribution in [0.5, 0.6) is 0 Å². The second-order valence-electron chi connectivity index (χ2n) is 4.89. The fourth-order valence-electron chi connectivity index (χ4n) is 2.08. The molecule has 2 aromatic carbocycles. The zero-order chi connectivity index (χ0) is 14.7. The monoisotopic (exact) mass is 279 g/mol. The molecule has 0 unspecified atom stereocenters. The van der Waals surface area contributed by atoms with Gasteiger partial charge in [-0.1, -0.05) is 48.0 Å². The highest BCUT2D eigenvalue weighted by Gasteiger charge is 2.16. The molecular weight excluding hydrogens is 262 g/mol. The van der Waals surface area contributed by atoms with Crippen LogP contribution < -0.4 is 16.4 Å². The van der Waals surface area contributed by atoms with Gasteiger partial charge in [0.15, 0.2) is 12.1 Å². The third kappa shape index (κ3) is 3.20. The van der Waals surface area contributed by atoms with E-state index in [9.17, 15) is 0 Å². The Bertz CT molecular complexity index is 674. The van der Waals surface area contributed by atoms with Crippen LogP contribution in [0.25, 0.3) is 0 Å². The lowest BCUT2D eigenvalue weighted by atomic mass is 10.2. The van der Waals surface area contributed by atoms with Crippen LogP contribution in [0, 0.1) is 6.92 Å². The van der Waals surface area contributed by atoms with Crippen molar-refractivity contribution in [2.75, 3.05) is 5.32 Å². The fraction of sp³-hybridized carbons (Fsp3) is 0.125. The van der Waals surface area contributed by atoms with Crippen LogP contribution in [-0.4, -0.2) is 11.9 Å². The van der Waals surface area contributed by atoms with Gasteiger partial charge in [0.1, 0.15) is 0 Å². The maximum Gasteiger partial charge on any atom is 0.205 e. The zero-order valence-corrected chi connectivity index (χ0v) is 11.7. The second kappa shape index (κ2) is 5.66. The van der Waals surface area contributed by atoms with Crippen LogP contribution >= 0.6 is 0 Å². The van der Waals surface area contributed by atoms with Crippen LogP contribution in [0.4, 0.5) is 5.69 Å². The molecule has 0 bridgehead atoms. The number of hydrogen-bond donors (Lipinski definition) is 3. The first-order valence-corrected chi connectivity index (χ1v) is 6.77. The summed E-state index contributed by atoms with van der Waals surface area (Å²) in [6.45, 7) is 2.05. The van der Waals surface area contributed by atoms with Gasteiger partial charge in [-0.25, -0.2) is 9.98 Å². The summed E-state index contributed by atoms with van der Waals surface area (Å²) in [7, 11) is 0. The SMILES string of the molecule is Cc1ccc(NC2=N[C@H](c3ccccc3)N=C(N)N2)cc1. The number of nitrogens with two attached hydrogens (primary N) is 1. The van der Waals surface area contributed by atoms with Crippen LogP contribution in [0.1, 0.15) is 17.3 Å². The molecule has 2 aromatic rings. The van der Waals surface area contributed by atoms with E-state index >= 15 is 0 Å². The molecule has 1 atom stereocenters. The van der Waals surface area contributed by atoms with E-state index < -0.39 is 0 Å². The lowest BCUT2D eigenvalue weighted by Gasteiger charge is -2.20. The number of benzene rings is 2. The maximum absolute atomic E-state index is 5.85. The lowest BCUT2D eigenvalue weighted by molar-refractivity contribution is 0.751. The molecular formula is C16H17N5. The molecule has 0 aliphatic carbocycles. The first kappa shape index (κ1) is 13.2. The smallest absolute Gasteiger partial charge is 0.205 e. The highest BCUT2D eigenvalue weighted by atomic mass is 15.3. The van der Waals surface area contributed by atoms with E-state index in [1.807, 2.05) is 54.6 Å². The molecule has 0 fully saturated rings. The first-order chi connectivity index (χ1) is 10.2. The minimum atomic E-state index is -0.319. The molecule has 106 valence electrons. The topological polar surface area (TPSA) is 74.8 Å². The van der Waals surface area contributed by atoms with Gasteiger partial charge < -0.3 is 11.1 Å². The van der Waals surface area contributed by atoms with Gasteiger partial charge in [0.25, 0.3) is 0 Å². The Hall–Kier alpha value is -2.82. The molecule has 0 saturated carbocycles. The Morgan fingerprint density at radius 3 is 2.43 bits per heavy atom. The summed E-state index contributed by atoms with van der Waals surface area (Å²) in [5.41, 5.74) is 9.02. The van der Waals surface area contributed by atoms with Crippen LogP contribution in [0.15, 0.2) is 64.6 Å². The summed E-state index contributed by atoms with van der Waals surface area (Å²) in [6.07, 6.45) is -0.319. The number of nitrogens with one attached hydrogen (secondary N) is 2. The van der Waals surface area contributed by atoms with Gasteiger partial charge in [0.2, 0.25) is 5.96 Å². The predicted octanol–water partition coefficient (Wildman–Crippen LogP) is 2.38. The lowest BCUT2D eigenvalue weighted by Crippen LogP contribution is -2.43. The van der Waals surface area contributed by atoms with Crippen LogP contribution in [-0.2, 0) is 0 Å². The fourth-order valence-corrected chi connectivity index (χ4v) is 2.08. The molecule has 21 heavy (non-hydrogen) atoms. The van der Waals surface area contributed by atoms with Crippen LogP contribution in [0.2, 0.25) is 0 Å². The second-order valence-corrected chi connectivity index (χ2v) is 4.89. The Morgan fingerprint density at radius 2 is 1.71 bits per heavy atom. The Labute approximate surface area is 123 Å². The maximum atomic E-state index is 5.85. The Kier molecular flexibility index (Phi) is 3.55. The summed E-state index contributed by atoms with van der Waals surface area (Å²) in [5, 5.41) is 6.16. The van der Waals surface area contributed by atoms with Gasteiger partial charge in [-0.3, -0.25) is 5.32 Å². The van der Waals surface area contributed by atoms with Gasteiger partial charge in [-0.15, -0.1) is 0 Å². The van der Waals surface area contributed by atoms with E-state index in [0.717, 1.165) is 11.3 Å². The van der Waals surface area contributed by atoms with Crippen molar-refractivity contribution in [1.82, 2.24) is 5.32 Å². The summed E-state index contributed by atoms with van der Waals surface area (Å²) in [5.74, 6) is 0.952. The summed E-state index contributed by atoms with van der Waals surface area (Å²) in [6, 6.07) is 17.9. The highest BCUT2D eigenvalue weighted by Crippen LogP contribution is 2.20. The van der Waals surface area contributed by atoms with Gasteiger partial charge >= 0.3 is 0 Å². The molecule has 1 aliphatic rings. The Morgan fingerprint density at radius 1 is 1.00 bits per heavy atom. The summed E-state index contributed by atoms with van der Waals surface area (Å²) >= 11 is 0. The average molecular weight is 279 g/mol. The number of anilines is 1. The number of aryl methyl sites for hydroxylation is 1. The van der Waals surface area contributed by atoms with E-state index in [0.29, 0.717) is 11.9 Å². The van der Waals surface area contributed by atoms with Crippen molar-refractivity contribution < 1.29 is 0 Å². The molecule has 0 saturated heterocycles. The summed E-state index contributed by atoms with van der Waals surface area (Å²) < 4.78 is 0. The number of rotatable bonds is 2. The van der Waals surface area contributed by atoms with E-state index in [1.54, 1.807) is 0 Å². The third-order valence-corrected chi connectivity index (χ3v) is 3.17. The molecule has 0 radical (unpaired) electrons. The van der Waals surface area contributed by atoms with Crippen molar-refractivity contribution in [3.63, 3.8) is 0 Å². The Balaban J connectivity index is 1.82. The van der Waals surface area contributed by atoms with Crippen LogP contribution in [0.3, 0.4) is 0 Å². The molecule has 1 heterocycles. The van der Waals surface area contributed by atoms with Gasteiger partial charge in [-0.05, 0) is 24.6 Å². The zero-order valence-electron chi connectivity index (χ0n) is 11.7. The number of hydrogen-bond acceptors (Lipinski definition) is 5. The number of guanidine groups is 2. The van der Waals surface area contributed by atoms with E-state index in [-0.39, 0.29) is 6.17 Å². The number of aliphatic imine (C=N–C) groups is 2. The largest absolute Gasteiger partial charge is 0.370 e. The van der Waals surface area contributed by atoms with E-state index in [1.165, 1.54) is 5.56 Å². The molecule has 0 spiro atoms. The minimum absolute atomic E-state index is 0.319. The van der Waals surface area contributed by atoms with Crippen molar-refractivity contribution >= 4 is 17.6 Å². The number of nitrogens with zero attached hydrogens (tertiary/aromatic N) is 2. The third-order valence-electron chi connectivity index (χ3n) is 3.17. The molecule has 5 heteroatoms. The van der Waals surface area contributed by atoms with Crippen molar-refractivity contribution in [3.8, 4) is 0 Å². The highest BCUT2D eigenvalue weighted by molar-refractivity contribution is 6.05. The van der Waals surface area contributed by atoms with Gasteiger partial charge in [-0.2, -0.15) is 0 Å². The van der Waals surface area contributed by atoms with Crippen molar-refractivity contribution in [2.24, 2.45) is 15.7 Å². The average Bonchev–Trinajstić information content (AvgIpc) is 2.50. The normalized spacial score (nSPS) is 17.5. The minimum Gasteiger partial charge on any atom is -0.370 e. The molecule has 0 aromatic heterocycles. The van der Waals surface area contributed by atoms with E-state index in [2.05, 4.69) is 27.5 Å². The van der Waals surface area contributed by atoms with Crippen molar-refractivity contribution in [1.29, 1.82) is 0 Å². The van der Waals surface area contributed by atoms with Gasteiger partial charge in [0.05, 0.1) is 0 Å². The van der Waals surface area contributed by atoms with Crippen molar-refractivity contribution in [3.05, 3.63) is 65.7 Å². The first-order valence-electron chi connectivity index (χ1n) is 6.77. The predicted molar refractivity (Wildman–Crippen MR) is 86.2 cm³/mol. The quantitative estimate of drug-likeness (QED) is 0.790. The standard InChI is InChI=1S/C16H17N5/c1-11-7-9-13(10-8-11)18-16-20-14(19-15(17)21-16)12-5-3-2-4-6-12/h2-10,14H,1H3,(H4,17,18,19,20,21)/t14-/m1/s1. The van der Waals surface area contributed by atoms with E-state index in [4.69, 9.17) is 5.73 Å². The molecule has 0 amide bonds. The molecule has 4 N–H and O–H groups in total. The van der Waals surface area contributed by atoms with Gasteiger partial charge in [0, 0.05) is 5.69 Å².